The number of nitrogens with one attached hydrogen (secondary N) is 1. The third-order valence-corrected chi connectivity index (χ3v) is 5.24. The zero-order valence-electron chi connectivity index (χ0n) is 12.4. The van der Waals surface area contributed by atoms with Gasteiger partial charge < -0.3 is 16.3 Å². The third kappa shape index (κ3) is 3.56. The Morgan fingerprint density at radius 3 is 2.48 bits per heavy atom. The van der Waals surface area contributed by atoms with Crippen LogP contribution in [0.1, 0.15) is 60.2 Å². The number of oxime groups is 1. The van der Waals surface area contributed by atoms with Crippen molar-refractivity contribution in [1.29, 1.82) is 0 Å². The Kier molecular flexibility index (Phi) is 5.22. The number of aryl methyl sites for hydroxylation is 1. The highest BCUT2D eigenvalue weighted by molar-refractivity contribution is 7.12. The minimum atomic E-state index is -0.720. The molecule has 0 aromatic carbocycles. The topological polar surface area (TPSA) is 87.7 Å². The summed E-state index contributed by atoms with van der Waals surface area (Å²) in [7, 11) is 0. The van der Waals surface area contributed by atoms with Gasteiger partial charge in [-0.3, -0.25) is 4.79 Å². The minimum Gasteiger partial charge on any atom is -0.409 e. The molecule has 0 bridgehead atoms. The van der Waals surface area contributed by atoms with E-state index in [4.69, 9.17) is 10.9 Å². The van der Waals surface area contributed by atoms with Gasteiger partial charge in [0.15, 0.2) is 5.84 Å². The summed E-state index contributed by atoms with van der Waals surface area (Å²) in [5.74, 6) is -0.0124. The summed E-state index contributed by atoms with van der Waals surface area (Å²) in [5.41, 5.74) is 6.17. The minimum absolute atomic E-state index is 0.118. The highest BCUT2D eigenvalue weighted by Gasteiger charge is 2.37. The number of thiophene rings is 1. The van der Waals surface area contributed by atoms with Crippen LogP contribution < -0.4 is 11.1 Å². The molecular formula is C15H23N3O2S. The molecule has 1 aromatic heterocycles. The summed E-state index contributed by atoms with van der Waals surface area (Å²) >= 11 is 1.42. The van der Waals surface area contributed by atoms with Crippen LogP contribution in [0.15, 0.2) is 16.6 Å². The normalized spacial score (nSPS) is 19.6. The van der Waals surface area contributed by atoms with Gasteiger partial charge in [-0.1, -0.05) is 37.3 Å². The fourth-order valence-corrected chi connectivity index (χ4v) is 3.75. The van der Waals surface area contributed by atoms with Gasteiger partial charge in [-0.25, -0.2) is 0 Å². The third-order valence-electron chi connectivity index (χ3n) is 4.23. The first-order chi connectivity index (χ1) is 10.1. The van der Waals surface area contributed by atoms with Gasteiger partial charge in [-0.15, -0.1) is 11.3 Å². The van der Waals surface area contributed by atoms with Crippen molar-refractivity contribution in [2.24, 2.45) is 10.9 Å². The molecule has 116 valence electrons. The van der Waals surface area contributed by atoms with E-state index in [1.165, 1.54) is 17.8 Å². The summed E-state index contributed by atoms with van der Waals surface area (Å²) < 4.78 is 0. The van der Waals surface area contributed by atoms with E-state index in [2.05, 4.69) is 10.5 Å². The predicted octanol–water partition coefficient (Wildman–Crippen LogP) is 3.02. The van der Waals surface area contributed by atoms with Crippen molar-refractivity contribution in [2.75, 3.05) is 0 Å². The number of hydrogen-bond acceptors (Lipinski definition) is 4. The molecule has 4 N–H and O–H groups in total. The number of nitrogens with zero attached hydrogens (tertiary/aromatic N) is 1. The van der Waals surface area contributed by atoms with Crippen LogP contribution in [0.25, 0.3) is 0 Å². The van der Waals surface area contributed by atoms with Crippen molar-refractivity contribution in [3.05, 3.63) is 21.9 Å². The van der Waals surface area contributed by atoms with E-state index in [1.54, 1.807) is 0 Å². The molecule has 6 heteroatoms. The molecule has 0 atom stereocenters. The number of hydrogen-bond donors (Lipinski definition) is 3. The summed E-state index contributed by atoms with van der Waals surface area (Å²) in [5, 5.41) is 17.3. The Bertz CT molecular complexity index is 517. The lowest BCUT2D eigenvalue weighted by atomic mass is 9.82. The first kappa shape index (κ1) is 15.8. The highest BCUT2D eigenvalue weighted by atomic mass is 32.1. The molecule has 1 fully saturated rings. The second-order valence-corrected chi connectivity index (χ2v) is 6.64. The van der Waals surface area contributed by atoms with Crippen LogP contribution >= 0.6 is 11.3 Å². The van der Waals surface area contributed by atoms with Gasteiger partial charge in [0, 0.05) is 0 Å². The van der Waals surface area contributed by atoms with Crippen molar-refractivity contribution < 1.29 is 10.0 Å². The van der Waals surface area contributed by atoms with Crippen LogP contribution in [-0.2, 0) is 0 Å². The van der Waals surface area contributed by atoms with E-state index < -0.39 is 5.54 Å². The molecule has 21 heavy (non-hydrogen) atoms. The maximum atomic E-state index is 12.5. The van der Waals surface area contributed by atoms with E-state index in [1.807, 2.05) is 18.4 Å². The molecule has 0 unspecified atom stereocenters. The van der Waals surface area contributed by atoms with Crippen LogP contribution in [0, 0.1) is 6.92 Å². The summed E-state index contributed by atoms with van der Waals surface area (Å²) in [6.07, 6.45) is 6.84. The predicted molar refractivity (Wildman–Crippen MR) is 85.0 cm³/mol. The van der Waals surface area contributed by atoms with Crippen LogP contribution in [0.5, 0.6) is 0 Å². The number of amides is 1. The monoisotopic (exact) mass is 309 g/mol. The lowest BCUT2D eigenvalue weighted by Gasteiger charge is -2.35. The fourth-order valence-electron chi connectivity index (χ4n) is 2.93. The molecule has 5 nitrogen and oxygen atoms in total. The lowest BCUT2D eigenvalue weighted by molar-refractivity contribution is 0.0914. The molecule has 1 heterocycles. The second-order valence-electron chi connectivity index (χ2n) is 5.72. The van der Waals surface area contributed by atoms with Gasteiger partial charge in [0.1, 0.15) is 5.54 Å². The Hall–Kier alpha value is -1.56. The molecule has 1 aliphatic rings. The lowest BCUT2D eigenvalue weighted by Crippen LogP contribution is -2.57. The number of rotatable bonds is 3. The molecule has 0 spiro atoms. The fraction of sp³-hybridized carbons (Fsp3) is 0.600. The van der Waals surface area contributed by atoms with Gasteiger partial charge in [-0.2, -0.15) is 0 Å². The standard InChI is InChI=1S/C15H23N3O2S/c1-11-7-10-21-12(11)13(19)17-15(14(16)18-20)8-5-3-2-4-6-9-15/h7,10,20H,2-6,8-9H2,1H3,(H2,16,18)(H,17,19). The van der Waals surface area contributed by atoms with E-state index >= 15 is 0 Å². The van der Waals surface area contributed by atoms with E-state index in [-0.39, 0.29) is 11.7 Å². The highest BCUT2D eigenvalue weighted by Crippen LogP contribution is 2.28. The van der Waals surface area contributed by atoms with Crippen LogP contribution in [0.2, 0.25) is 0 Å². The van der Waals surface area contributed by atoms with Crippen molar-refractivity contribution in [3.63, 3.8) is 0 Å². The Morgan fingerprint density at radius 1 is 1.33 bits per heavy atom. The van der Waals surface area contributed by atoms with Gasteiger partial charge in [-0.05, 0) is 36.8 Å². The first-order valence-electron chi connectivity index (χ1n) is 7.44. The van der Waals surface area contributed by atoms with Crippen molar-refractivity contribution in [3.8, 4) is 0 Å². The molecule has 2 rings (SSSR count). The van der Waals surface area contributed by atoms with Crippen molar-refractivity contribution in [2.45, 2.75) is 57.4 Å². The molecule has 1 amide bonds. The number of amidine groups is 1. The van der Waals surface area contributed by atoms with Crippen LogP contribution in [0.4, 0.5) is 0 Å². The van der Waals surface area contributed by atoms with E-state index in [9.17, 15) is 4.79 Å². The number of carbonyl (C=O) groups is 1. The van der Waals surface area contributed by atoms with Crippen molar-refractivity contribution >= 4 is 23.1 Å². The second kappa shape index (κ2) is 6.93. The SMILES string of the molecule is Cc1ccsc1C(=O)NC1(/C(N)=N/O)CCCCCCC1. The van der Waals surface area contributed by atoms with E-state index in [0.717, 1.165) is 44.1 Å². The Morgan fingerprint density at radius 2 is 1.95 bits per heavy atom. The largest absolute Gasteiger partial charge is 0.409 e. The van der Waals surface area contributed by atoms with Gasteiger partial charge in [0.05, 0.1) is 4.88 Å². The molecule has 1 aliphatic carbocycles. The average molecular weight is 309 g/mol. The summed E-state index contributed by atoms with van der Waals surface area (Å²) in [6.45, 7) is 1.92. The van der Waals surface area contributed by atoms with Gasteiger partial charge >= 0.3 is 0 Å². The molecule has 0 radical (unpaired) electrons. The van der Waals surface area contributed by atoms with E-state index in [0.29, 0.717) is 4.88 Å². The number of nitrogens with two attached hydrogens (primary N) is 1. The first-order valence-corrected chi connectivity index (χ1v) is 8.32. The van der Waals surface area contributed by atoms with Gasteiger partial charge in [0.25, 0.3) is 5.91 Å². The molecule has 1 saturated carbocycles. The smallest absolute Gasteiger partial charge is 0.262 e. The zero-order valence-corrected chi connectivity index (χ0v) is 13.2. The molecule has 0 saturated heterocycles. The summed E-state index contributed by atoms with van der Waals surface area (Å²) in [4.78, 5) is 13.2. The maximum Gasteiger partial charge on any atom is 0.262 e. The average Bonchev–Trinajstić information content (AvgIpc) is 2.87. The van der Waals surface area contributed by atoms with Crippen molar-refractivity contribution in [1.82, 2.24) is 5.32 Å². The molecular weight excluding hydrogens is 286 g/mol. The zero-order chi connectivity index (χ0) is 15.3. The Balaban J connectivity index is 2.23. The molecule has 0 aliphatic heterocycles. The Labute approximate surface area is 129 Å². The van der Waals surface area contributed by atoms with Gasteiger partial charge in [0.2, 0.25) is 0 Å². The van der Waals surface area contributed by atoms with Crippen LogP contribution in [0.3, 0.4) is 0 Å². The number of carbonyl (C=O) groups excluding carboxylic acids is 1. The quantitative estimate of drug-likeness (QED) is 0.347. The maximum absolute atomic E-state index is 12.5. The summed E-state index contributed by atoms with van der Waals surface area (Å²) in [6, 6.07) is 1.92. The van der Waals surface area contributed by atoms with Crippen LogP contribution in [-0.4, -0.2) is 22.5 Å². The molecule has 1 aromatic rings.